The molecule has 0 spiro atoms. The molecule has 1 aliphatic rings. The lowest BCUT2D eigenvalue weighted by Gasteiger charge is -2.22. The standard InChI is InChI=1S/C24H25N5O2S/c1-31-18-13-11-16(12-14-18)22-26-20-10-6-5-9-19(20)23-27-28-24(29(22)23)32-15-21(30)25-17-7-3-2-4-8-17/h5-6,9-14,17H,2-4,7-8,15H2,1H3,(H,25,30). The number of ether oxygens (including phenoxy) is 1. The first-order valence-electron chi connectivity index (χ1n) is 10.9. The van der Waals surface area contributed by atoms with E-state index in [0.29, 0.717) is 17.0 Å². The van der Waals surface area contributed by atoms with Gasteiger partial charge >= 0.3 is 0 Å². The van der Waals surface area contributed by atoms with Gasteiger partial charge in [-0.05, 0) is 49.2 Å². The van der Waals surface area contributed by atoms with Crippen molar-refractivity contribution in [2.75, 3.05) is 12.9 Å². The van der Waals surface area contributed by atoms with E-state index in [9.17, 15) is 4.79 Å². The minimum atomic E-state index is 0.0402. The van der Waals surface area contributed by atoms with Crippen LogP contribution in [-0.4, -0.2) is 44.4 Å². The molecule has 2 aromatic heterocycles. The molecule has 32 heavy (non-hydrogen) atoms. The Balaban J connectivity index is 1.49. The minimum Gasteiger partial charge on any atom is -0.497 e. The molecule has 7 nitrogen and oxygen atoms in total. The SMILES string of the molecule is COc1ccc(-c2nc3ccccc3c3nnc(SCC(=O)NC4CCCCC4)n23)cc1. The molecule has 0 aliphatic heterocycles. The molecular formula is C24H25N5O2S. The van der Waals surface area contributed by atoms with E-state index in [1.54, 1.807) is 7.11 Å². The van der Waals surface area contributed by atoms with Gasteiger partial charge in [-0.25, -0.2) is 4.98 Å². The van der Waals surface area contributed by atoms with Crippen LogP contribution in [0.4, 0.5) is 0 Å². The second-order valence-electron chi connectivity index (χ2n) is 8.01. The van der Waals surface area contributed by atoms with Gasteiger partial charge in [0, 0.05) is 17.0 Å². The van der Waals surface area contributed by atoms with Crippen LogP contribution in [0, 0.1) is 0 Å². The van der Waals surface area contributed by atoms with Crippen LogP contribution >= 0.6 is 11.8 Å². The zero-order valence-corrected chi connectivity index (χ0v) is 18.8. The number of benzene rings is 2. The quantitative estimate of drug-likeness (QED) is 0.439. The summed E-state index contributed by atoms with van der Waals surface area (Å²) in [7, 11) is 1.65. The monoisotopic (exact) mass is 447 g/mol. The van der Waals surface area contributed by atoms with E-state index in [0.717, 1.165) is 46.5 Å². The fourth-order valence-corrected chi connectivity index (χ4v) is 4.98. The van der Waals surface area contributed by atoms with Crippen molar-refractivity contribution in [1.29, 1.82) is 0 Å². The Labute approximate surface area is 190 Å². The second kappa shape index (κ2) is 9.16. The number of thioether (sulfide) groups is 1. The highest BCUT2D eigenvalue weighted by Gasteiger charge is 2.19. The van der Waals surface area contributed by atoms with E-state index in [1.165, 1.54) is 31.0 Å². The summed E-state index contributed by atoms with van der Waals surface area (Å²) in [5, 5.41) is 13.6. The molecule has 1 fully saturated rings. The fraction of sp³-hybridized carbons (Fsp3) is 0.333. The van der Waals surface area contributed by atoms with Crippen molar-refractivity contribution in [2.45, 2.75) is 43.3 Å². The number of nitrogens with zero attached hydrogens (tertiary/aromatic N) is 4. The Kier molecular flexibility index (Phi) is 5.94. The maximum atomic E-state index is 12.6. The molecule has 4 aromatic rings. The van der Waals surface area contributed by atoms with Gasteiger partial charge in [0.2, 0.25) is 5.91 Å². The topological polar surface area (TPSA) is 81.4 Å². The molecule has 1 amide bonds. The number of rotatable bonds is 6. The van der Waals surface area contributed by atoms with E-state index in [1.807, 2.05) is 52.9 Å². The number of fused-ring (bicyclic) bond motifs is 3. The van der Waals surface area contributed by atoms with E-state index < -0.39 is 0 Å². The molecule has 5 rings (SSSR count). The van der Waals surface area contributed by atoms with Gasteiger partial charge in [0.25, 0.3) is 0 Å². The Bertz CT molecular complexity index is 1250. The van der Waals surface area contributed by atoms with Gasteiger partial charge in [0.05, 0.1) is 18.4 Å². The molecule has 164 valence electrons. The zero-order valence-electron chi connectivity index (χ0n) is 18.0. The van der Waals surface area contributed by atoms with Crippen LogP contribution < -0.4 is 10.1 Å². The Hall–Kier alpha value is -3.13. The molecule has 0 atom stereocenters. The van der Waals surface area contributed by atoms with Crippen molar-refractivity contribution < 1.29 is 9.53 Å². The third-order valence-electron chi connectivity index (χ3n) is 5.87. The number of hydrogen-bond acceptors (Lipinski definition) is 6. The highest BCUT2D eigenvalue weighted by molar-refractivity contribution is 7.99. The van der Waals surface area contributed by atoms with Crippen LogP contribution in [0.2, 0.25) is 0 Å². The number of carbonyl (C=O) groups is 1. The Morgan fingerprint density at radius 1 is 1.09 bits per heavy atom. The summed E-state index contributed by atoms with van der Waals surface area (Å²) in [5.74, 6) is 1.86. The number of aromatic nitrogens is 4. The lowest BCUT2D eigenvalue weighted by molar-refractivity contribution is -0.119. The summed E-state index contributed by atoms with van der Waals surface area (Å²) in [6.07, 6.45) is 5.79. The second-order valence-corrected chi connectivity index (χ2v) is 8.96. The van der Waals surface area contributed by atoms with Gasteiger partial charge < -0.3 is 10.1 Å². The number of para-hydroxylation sites is 1. The van der Waals surface area contributed by atoms with Crippen LogP contribution in [0.15, 0.2) is 53.7 Å². The number of carbonyl (C=O) groups excluding carboxylic acids is 1. The van der Waals surface area contributed by atoms with E-state index in [4.69, 9.17) is 9.72 Å². The number of amides is 1. The highest BCUT2D eigenvalue weighted by Crippen LogP contribution is 2.30. The van der Waals surface area contributed by atoms with Crippen molar-refractivity contribution in [2.24, 2.45) is 0 Å². The van der Waals surface area contributed by atoms with Gasteiger partial charge in [-0.3, -0.25) is 9.20 Å². The van der Waals surface area contributed by atoms with Crippen LogP contribution in [0.1, 0.15) is 32.1 Å². The minimum absolute atomic E-state index is 0.0402. The van der Waals surface area contributed by atoms with Crippen LogP contribution in [0.25, 0.3) is 27.9 Å². The smallest absolute Gasteiger partial charge is 0.230 e. The normalized spacial score (nSPS) is 14.7. The summed E-state index contributed by atoms with van der Waals surface area (Å²) in [6, 6.07) is 16.0. The fourth-order valence-electron chi connectivity index (χ4n) is 4.23. The van der Waals surface area contributed by atoms with Gasteiger partial charge in [-0.2, -0.15) is 0 Å². The predicted molar refractivity (Wildman–Crippen MR) is 126 cm³/mol. The highest BCUT2D eigenvalue weighted by atomic mass is 32.2. The van der Waals surface area contributed by atoms with E-state index in [-0.39, 0.29) is 5.91 Å². The molecule has 0 radical (unpaired) electrons. The lowest BCUT2D eigenvalue weighted by atomic mass is 9.95. The number of nitrogens with one attached hydrogen (secondary N) is 1. The summed E-state index contributed by atoms with van der Waals surface area (Å²) in [6.45, 7) is 0. The molecule has 0 bridgehead atoms. The number of hydrogen-bond donors (Lipinski definition) is 1. The lowest BCUT2D eigenvalue weighted by Crippen LogP contribution is -2.37. The molecule has 1 saturated carbocycles. The summed E-state index contributed by atoms with van der Waals surface area (Å²) < 4.78 is 7.25. The van der Waals surface area contributed by atoms with Crippen LogP contribution in [0.3, 0.4) is 0 Å². The van der Waals surface area contributed by atoms with Crippen molar-refractivity contribution in [1.82, 2.24) is 24.9 Å². The third kappa shape index (κ3) is 4.14. The average molecular weight is 448 g/mol. The molecular weight excluding hydrogens is 422 g/mol. The molecule has 0 unspecified atom stereocenters. The maximum absolute atomic E-state index is 12.6. The molecule has 2 aromatic carbocycles. The number of methoxy groups -OCH3 is 1. The van der Waals surface area contributed by atoms with Crippen molar-refractivity contribution in [3.8, 4) is 17.1 Å². The molecule has 1 N–H and O–H groups in total. The summed E-state index contributed by atoms with van der Waals surface area (Å²) in [4.78, 5) is 17.5. The van der Waals surface area contributed by atoms with E-state index in [2.05, 4.69) is 15.5 Å². The molecule has 0 saturated heterocycles. The third-order valence-corrected chi connectivity index (χ3v) is 6.80. The van der Waals surface area contributed by atoms with Crippen molar-refractivity contribution in [3.05, 3.63) is 48.5 Å². The molecule has 1 aliphatic carbocycles. The first kappa shape index (κ1) is 20.8. The molecule has 2 heterocycles. The average Bonchev–Trinajstić information content (AvgIpc) is 3.27. The van der Waals surface area contributed by atoms with Gasteiger partial charge in [0.1, 0.15) is 11.6 Å². The summed E-state index contributed by atoms with van der Waals surface area (Å²) in [5.41, 5.74) is 2.51. The first-order chi connectivity index (χ1) is 15.7. The van der Waals surface area contributed by atoms with Gasteiger partial charge in [-0.1, -0.05) is 43.2 Å². The largest absolute Gasteiger partial charge is 0.497 e. The first-order valence-corrected chi connectivity index (χ1v) is 11.9. The Morgan fingerprint density at radius 2 is 1.88 bits per heavy atom. The zero-order chi connectivity index (χ0) is 21.9. The van der Waals surface area contributed by atoms with Gasteiger partial charge in [-0.15, -0.1) is 10.2 Å². The van der Waals surface area contributed by atoms with Crippen molar-refractivity contribution in [3.63, 3.8) is 0 Å². The van der Waals surface area contributed by atoms with Crippen LogP contribution in [0.5, 0.6) is 5.75 Å². The summed E-state index contributed by atoms with van der Waals surface area (Å²) >= 11 is 1.39. The Morgan fingerprint density at radius 3 is 2.66 bits per heavy atom. The predicted octanol–water partition coefficient (Wildman–Crippen LogP) is 4.49. The maximum Gasteiger partial charge on any atom is 0.230 e. The van der Waals surface area contributed by atoms with Gasteiger partial charge in [0.15, 0.2) is 10.8 Å². The molecule has 8 heteroatoms. The van der Waals surface area contributed by atoms with Crippen molar-refractivity contribution >= 4 is 34.2 Å². The van der Waals surface area contributed by atoms with Crippen LogP contribution in [-0.2, 0) is 4.79 Å². The van der Waals surface area contributed by atoms with E-state index >= 15 is 0 Å².